The second-order valence-electron chi connectivity index (χ2n) is 10.0. The first-order valence-corrected chi connectivity index (χ1v) is 13.9. The van der Waals surface area contributed by atoms with Gasteiger partial charge >= 0.3 is 12.5 Å². The molecular weight excluding hydrogens is 618 g/mol. The van der Waals surface area contributed by atoms with Crippen LogP contribution in [0.5, 0.6) is 11.5 Å². The molecule has 0 amide bonds. The van der Waals surface area contributed by atoms with Crippen molar-refractivity contribution in [3.8, 4) is 33.8 Å². The average molecular weight is 646 g/mol. The molecule has 0 aliphatic heterocycles. The van der Waals surface area contributed by atoms with Crippen LogP contribution in [0.4, 0.5) is 35.1 Å². The summed E-state index contributed by atoms with van der Waals surface area (Å²) in [5.41, 5.74) is 1.55. The van der Waals surface area contributed by atoms with E-state index in [-0.39, 0.29) is 16.7 Å². The minimum atomic E-state index is -5.13. The SMILES string of the molecule is C\C=C(C)/C=N\C(=C/CC)c1ccc(-c2ccc(C(F)(F)Oc3ccc(-c4ccc(OC(F)(F)F)c(F)c4)c(F)c3)cc2)c(F)c1. The fraction of sp³-hybridized carbons (Fsp3) is 0.171. The summed E-state index contributed by atoms with van der Waals surface area (Å²) in [6.45, 7) is 5.70. The minimum absolute atomic E-state index is 0.159. The predicted molar refractivity (Wildman–Crippen MR) is 161 cm³/mol. The first-order valence-electron chi connectivity index (χ1n) is 13.9. The van der Waals surface area contributed by atoms with Crippen LogP contribution in [-0.2, 0) is 6.11 Å². The number of hydrogen-bond acceptors (Lipinski definition) is 3. The van der Waals surface area contributed by atoms with Crippen LogP contribution in [0, 0.1) is 17.5 Å². The van der Waals surface area contributed by atoms with E-state index in [1.165, 1.54) is 24.3 Å². The summed E-state index contributed by atoms with van der Waals surface area (Å²) in [4.78, 5) is 4.44. The van der Waals surface area contributed by atoms with E-state index in [1.807, 2.05) is 32.9 Å². The van der Waals surface area contributed by atoms with Gasteiger partial charge in [-0.25, -0.2) is 13.2 Å². The molecule has 0 spiro atoms. The van der Waals surface area contributed by atoms with E-state index in [1.54, 1.807) is 12.3 Å². The van der Waals surface area contributed by atoms with Crippen LogP contribution >= 0.6 is 0 Å². The van der Waals surface area contributed by atoms with E-state index in [4.69, 9.17) is 4.74 Å². The molecule has 4 aromatic rings. The molecule has 3 nitrogen and oxygen atoms in total. The van der Waals surface area contributed by atoms with Gasteiger partial charge in [0.15, 0.2) is 11.6 Å². The van der Waals surface area contributed by atoms with Crippen molar-refractivity contribution in [1.82, 2.24) is 0 Å². The maximum atomic E-state index is 15.2. The average Bonchev–Trinajstić information content (AvgIpc) is 2.99. The predicted octanol–water partition coefficient (Wildman–Crippen LogP) is 11.3. The Kier molecular flexibility index (Phi) is 10.3. The first-order chi connectivity index (χ1) is 21.7. The summed E-state index contributed by atoms with van der Waals surface area (Å²) in [5.74, 6) is -4.75. The van der Waals surface area contributed by atoms with E-state index >= 15 is 13.2 Å². The zero-order chi connectivity index (χ0) is 33.6. The molecule has 0 saturated carbocycles. The molecule has 0 atom stereocenters. The third-order valence-electron chi connectivity index (χ3n) is 6.71. The number of halogens is 8. The Morgan fingerprint density at radius 2 is 1.37 bits per heavy atom. The molecule has 0 fully saturated rings. The normalized spacial score (nSPS) is 12.9. The Labute approximate surface area is 260 Å². The number of hydrogen-bond donors (Lipinski definition) is 0. The number of aliphatic imine (C=N–C) groups is 1. The third-order valence-corrected chi connectivity index (χ3v) is 6.71. The van der Waals surface area contributed by atoms with E-state index in [0.717, 1.165) is 35.9 Å². The van der Waals surface area contributed by atoms with Crippen molar-refractivity contribution in [2.45, 2.75) is 39.7 Å². The van der Waals surface area contributed by atoms with Gasteiger partial charge < -0.3 is 9.47 Å². The van der Waals surface area contributed by atoms with Gasteiger partial charge in [-0.1, -0.05) is 49.4 Å². The molecule has 4 aromatic carbocycles. The molecule has 11 heteroatoms. The Hall–Kier alpha value is -4.93. The lowest BCUT2D eigenvalue weighted by atomic mass is 10.0. The van der Waals surface area contributed by atoms with Crippen molar-refractivity contribution >= 4 is 11.9 Å². The summed E-state index contributed by atoms with van der Waals surface area (Å²) in [6.07, 6.45) is -2.96. The van der Waals surface area contributed by atoms with Crippen molar-refractivity contribution in [2.75, 3.05) is 0 Å². The Morgan fingerprint density at radius 3 is 1.96 bits per heavy atom. The minimum Gasteiger partial charge on any atom is -0.429 e. The highest BCUT2D eigenvalue weighted by molar-refractivity contribution is 5.84. The molecule has 0 aliphatic carbocycles. The summed E-state index contributed by atoms with van der Waals surface area (Å²) >= 11 is 0. The molecule has 0 N–H and O–H groups in total. The zero-order valence-electron chi connectivity index (χ0n) is 24.7. The van der Waals surface area contributed by atoms with E-state index in [0.29, 0.717) is 41.4 Å². The number of nitrogens with zero attached hydrogens (tertiary/aromatic N) is 1. The van der Waals surface area contributed by atoms with Crippen LogP contribution in [0.15, 0.2) is 102 Å². The number of ether oxygens (including phenoxy) is 2. The second kappa shape index (κ2) is 14.0. The lowest BCUT2D eigenvalue weighted by Gasteiger charge is -2.19. The molecular formula is C35H27F8NO2. The lowest BCUT2D eigenvalue weighted by molar-refractivity contribution is -0.275. The van der Waals surface area contributed by atoms with Gasteiger partial charge in [-0.3, -0.25) is 4.99 Å². The van der Waals surface area contributed by atoms with Crippen molar-refractivity contribution in [1.29, 1.82) is 0 Å². The van der Waals surface area contributed by atoms with Gasteiger partial charge in [0.2, 0.25) is 0 Å². The third kappa shape index (κ3) is 8.41. The standard InChI is InChI=1S/C35H27F8NO2/c1-4-6-32(44-20-21(3)5-2)24-9-14-27(29(36)18-24)22-7-11-25(12-8-22)34(39,40)45-26-13-15-28(30(37)19-26)23-10-16-33(31(38)17-23)46-35(41,42)43/h5-20H,4H2,1-3H3/b21-5-,32-6-,44-20-. The summed E-state index contributed by atoms with van der Waals surface area (Å²) < 4.78 is 120. The van der Waals surface area contributed by atoms with Gasteiger partial charge in [0, 0.05) is 29.0 Å². The monoisotopic (exact) mass is 645 g/mol. The van der Waals surface area contributed by atoms with Gasteiger partial charge in [0.25, 0.3) is 0 Å². The first kappa shape index (κ1) is 34.0. The molecule has 0 aromatic heterocycles. The molecule has 46 heavy (non-hydrogen) atoms. The van der Waals surface area contributed by atoms with Crippen LogP contribution in [-0.4, -0.2) is 12.6 Å². The van der Waals surface area contributed by atoms with Gasteiger partial charge in [-0.2, -0.15) is 8.78 Å². The Bertz CT molecular complexity index is 1790. The zero-order valence-corrected chi connectivity index (χ0v) is 24.7. The highest BCUT2D eigenvalue weighted by Gasteiger charge is 2.35. The quantitative estimate of drug-likeness (QED) is 0.127. The van der Waals surface area contributed by atoms with Gasteiger partial charge in [-0.15, -0.1) is 13.2 Å². The molecule has 0 bridgehead atoms. The van der Waals surface area contributed by atoms with Gasteiger partial charge in [0.1, 0.15) is 17.4 Å². The van der Waals surface area contributed by atoms with Crippen molar-refractivity contribution in [2.24, 2.45) is 4.99 Å². The Balaban J connectivity index is 1.50. The fourth-order valence-corrected chi connectivity index (χ4v) is 4.31. The van der Waals surface area contributed by atoms with Crippen molar-refractivity contribution < 1.29 is 44.6 Å². The van der Waals surface area contributed by atoms with Crippen LogP contribution < -0.4 is 9.47 Å². The molecule has 0 heterocycles. The smallest absolute Gasteiger partial charge is 0.429 e. The second-order valence-corrected chi connectivity index (χ2v) is 10.0. The van der Waals surface area contributed by atoms with Crippen LogP contribution in [0.1, 0.15) is 38.3 Å². The van der Waals surface area contributed by atoms with E-state index < -0.39 is 47.0 Å². The maximum Gasteiger partial charge on any atom is 0.573 e. The number of benzene rings is 4. The summed E-state index contributed by atoms with van der Waals surface area (Å²) in [6, 6.07) is 14.2. The van der Waals surface area contributed by atoms with Crippen LogP contribution in [0.3, 0.4) is 0 Å². The highest BCUT2D eigenvalue weighted by Crippen LogP contribution is 2.36. The van der Waals surface area contributed by atoms with Gasteiger partial charge in [-0.05, 0) is 79.4 Å². The number of rotatable bonds is 10. The van der Waals surface area contributed by atoms with E-state index in [9.17, 15) is 22.0 Å². The fourth-order valence-electron chi connectivity index (χ4n) is 4.31. The number of allylic oxidation sites excluding steroid dienone is 3. The summed E-state index contributed by atoms with van der Waals surface area (Å²) in [7, 11) is 0. The molecule has 4 rings (SSSR count). The van der Waals surface area contributed by atoms with E-state index in [2.05, 4.69) is 9.73 Å². The van der Waals surface area contributed by atoms with Crippen LogP contribution in [0.2, 0.25) is 0 Å². The topological polar surface area (TPSA) is 30.8 Å². The van der Waals surface area contributed by atoms with Crippen molar-refractivity contribution in [3.63, 3.8) is 0 Å². The lowest BCUT2D eigenvalue weighted by Crippen LogP contribution is -2.21. The van der Waals surface area contributed by atoms with Crippen molar-refractivity contribution in [3.05, 3.63) is 125 Å². The Morgan fingerprint density at radius 1 is 0.739 bits per heavy atom. The molecule has 0 saturated heterocycles. The maximum absolute atomic E-state index is 15.2. The summed E-state index contributed by atoms with van der Waals surface area (Å²) in [5, 5.41) is 0. The molecule has 0 radical (unpaired) electrons. The molecule has 0 unspecified atom stereocenters. The highest BCUT2D eigenvalue weighted by atomic mass is 19.4. The number of alkyl halides is 5. The molecule has 240 valence electrons. The van der Waals surface area contributed by atoms with Crippen LogP contribution in [0.25, 0.3) is 28.0 Å². The largest absolute Gasteiger partial charge is 0.573 e. The molecule has 0 aliphatic rings. The van der Waals surface area contributed by atoms with Gasteiger partial charge in [0.05, 0.1) is 11.3 Å².